The van der Waals surface area contributed by atoms with Gasteiger partial charge < -0.3 is 4.74 Å². The summed E-state index contributed by atoms with van der Waals surface area (Å²) in [4.78, 5) is 14.0. The summed E-state index contributed by atoms with van der Waals surface area (Å²) in [6.07, 6.45) is 5.56. The van der Waals surface area contributed by atoms with Gasteiger partial charge in [0.2, 0.25) is 5.88 Å². The van der Waals surface area contributed by atoms with E-state index < -0.39 is 0 Å². The van der Waals surface area contributed by atoms with Gasteiger partial charge in [0.1, 0.15) is 11.3 Å². The Morgan fingerprint density at radius 2 is 1.23 bits per heavy atom. The molecule has 8 aromatic rings. The second-order valence-corrected chi connectivity index (χ2v) is 9.70. The molecule has 0 fully saturated rings. The minimum atomic E-state index is 0.530. The third kappa shape index (κ3) is 3.50. The maximum atomic E-state index is 6.66. The summed E-state index contributed by atoms with van der Waals surface area (Å²) < 4.78 is 6.66. The van der Waals surface area contributed by atoms with E-state index in [1.165, 1.54) is 10.8 Å². The Kier molecular flexibility index (Phi) is 4.79. The van der Waals surface area contributed by atoms with Crippen LogP contribution in [0.25, 0.3) is 65.3 Å². The molecule has 8 rings (SSSR count). The Morgan fingerprint density at radius 1 is 0.513 bits per heavy atom. The third-order valence-corrected chi connectivity index (χ3v) is 7.43. The van der Waals surface area contributed by atoms with Gasteiger partial charge in [-0.3, -0.25) is 9.97 Å². The average Bonchev–Trinajstić information content (AvgIpc) is 3.01. The highest BCUT2D eigenvalue weighted by Gasteiger charge is 2.18. The van der Waals surface area contributed by atoms with Gasteiger partial charge in [0.25, 0.3) is 0 Å². The standard InChI is InChI=1S/C35H21N3O/c1-2-7-25-20-26(14-11-22(25)6-1)32-27-9-3-4-10-28(27)35(29-17-19-36-21-30(29)32)39-31-16-15-24-13-12-23-8-5-18-37-33(23)34(24)38-31/h1-21H. The van der Waals surface area contributed by atoms with E-state index in [9.17, 15) is 0 Å². The van der Waals surface area contributed by atoms with Gasteiger partial charge in [-0.15, -0.1) is 0 Å². The van der Waals surface area contributed by atoms with Crippen LogP contribution in [0.5, 0.6) is 11.6 Å². The van der Waals surface area contributed by atoms with E-state index in [4.69, 9.17) is 9.72 Å². The number of ether oxygens (including phenoxy) is 1. The number of hydrogen-bond donors (Lipinski definition) is 0. The molecule has 0 atom stereocenters. The van der Waals surface area contributed by atoms with Gasteiger partial charge in [0.05, 0.1) is 5.52 Å². The summed E-state index contributed by atoms with van der Waals surface area (Å²) in [5, 5.41) is 8.66. The molecule has 0 amide bonds. The molecule has 3 heterocycles. The van der Waals surface area contributed by atoms with Gasteiger partial charge in [-0.2, -0.15) is 0 Å². The van der Waals surface area contributed by atoms with Crippen LogP contribution in [-0.2, 0) is 0 Å². The molecule has 3 aromatic heterocycles. The first-order valence-electron chi connectivity index (χ1n) is 12.9. The molecular formula is C35H21N3O. The highest BCUT2D eigenvalue weighted by Crippen LogP contribution is 2.44. The number of pyridine rings is 3. The smallest absolute Gasteiger partial charge is 0.219 e. The molecule has 4 nitrogen and oxygen atoms in total. The number of aromatic nitrogens is 3. The lowest BCUT2D eigenvalue weighted by molar-refractivity contribution is 0.475. The maximum Gasteiger partial charge on any atom is 0.219 e. The molecule has 0 saturated heterocycles. The van der Waals surface area contributed by atoms with E-state index in [0.717, 1.165) is 60.2 Å². The molecule has 0 aliphatic heterocycles. The Bertz CT molecular complexity index is 2160. The molecule has 5 aromatic carbocycles. The van der Waals surface area contributed by atoms with Crippen molar-refractivity contribution in [3.8, 4) is 22.8 Å². The van der Waals surface area contributed by atoms with Gasteiger partial charge in [-0.25, -0.2) is 4.98 Å². The summed E-state index contributed by atoms with van der Waals surface area (Å²) >= 11 is 0. The first-order valence-corrected chi connectivity index (χ1v) is 12.9. The second-order valence-electron chi connectivity index (χ2n) is 9.70. The molecule has 0 aliphatic rings. The minimum Gasteiger partial charge on any atom is -0.438 e. The topological polar surface area (TPSA) is 47.9 Å². The van der Waals surface area contributed by atoms with Crippen molar-refractivity contribution < 1.29 is 4.74 Å². The Morgan fingerprint density at radius 3 is 2.15 bits per heavy atom. The van der Waals surface area contributed by atoms with Crippen LogP contribution in [0.4, 0.5) is 0 Å². The van der Waals surface area contributed by atoms with Gasteiger partial charge in [-0.05, 0) is 51.6 Å². The van der Waals surface area contributed by atoms with Gasteiger partial charge in [0, 0.05) is 51.6 Å². The van der Waals surface area contributed by atoms with E-state index in [2.05, 4.69) is 94.9 Å². The Balaban J connectivity index is 1.37. The minimum absolute atomic E-state index is 0.530. The zero-order chi connectivity index (χ0) is 25.8. The number of benzene rings is 5. The Hall–Kier alpha value is -5.35. The first kappa shape index (κ1) is 21.7. The predicted octanol–water partition coefficient (Wildman–Crippen LogP) is 9.10. The molecule has 4 heteroatoms. The van der Waals surface area contributed by atoms with Crippen LogP contribution in [0.2, 0.25) is 0 Å². The summed E-state index contributed by atoms with van der Waals surface area (Å²) in [6, 6.07) is 37.6. The molecule has 0 aliphatic carbocycles. The summed E-state index contributed by atoms with van der Waals surface area (Å²) in [5.41, 5.74) is 3.99. The van der Waals surface area contributed by atoms with Gasteiger partial charge in [0.15, 0.2) is 0 Å². The van der Waals surface area contributed by atoms with E-state index >= 15 is 0 Å². The largest absolute Gasteiger partial charge is 0.438 e. The highest BCUT2D eigenvalue weighted by atomic mass is 16.5. The van der Waals surface area contributed by atoms with Crippen molar-refractivity contribution in [3.05, 3.63) is 128 Å². The number of fused-ring (bicyclic) bond motifs is 6. The van der Waals surface area contributed by atoms with Crippen LogP contribution in [0.3, 0.4) is 0 Å². The van der Waals surface area contributed by atoms with E-state index in [1.807, 2.05) is 36.7 Å². The normalized spacial score (nSPS) is 11.6. The number of hydrogen-bond acceptors (Lipinski definition) is 4. The van der Waals surface area contributed by atoms with Crippen molar-refractivity contribution in [2.75, 3.05) is 0 Å². The number of nitrogens with zero attached hydrogens (tertiary/aromatic N) is 3. The van der Waals surface area contributed by atoms with E-state index in [1.54, 1.807) is 6.20 Å². The van der Waals surface area contributed by atoms with Crippen molar-refractivity contribution in [1.82, 2.24) is 15.0 Å². The summed E-state index contributed by atoms with van der Waals surface area (Å²) in [7, 11) is 0. The first-order chi connectivity index (χ1) is 19.3. The van der Waals surface area contributed by atoms with Crippen molar-refractivity contribution in [1.29, 1.82) is 0 Å². The SMILES string of the molecule is c1ccc2cc(-c3c4ccccc4c(Oc4ccc5ccc6cccnc6c5n4)c4ccncc34)ccc2c1. The van der Waals surface area contributed by atoms with Crippen LogP contribution < -0.4 is 4.74 Å². The summed E-state index contributed by atoms with van der Waals surface area (Å²) in [6.45, 7) is 0. The molecule has 0 bridgehead atoms. The monoisotopic (exact) mass is 499 g/mol. The molecule has 39 heavy (non-hydrogen) atoms. The lowest BCUT2D eigenvalue weighted by atomic mass is 9.91. The van der Waals surface area contributed by atoms with Crippen LogP contribution in [0.15, 0.2) is 128 Å². The zero-order valence-corrected chi connectivity index (χ0v) is 20.9. The van der Waals surface area contributed by atoms with Crippen molar-refractivity contribution in [2.45, 2.75) is 0 Å². The molecule has 0 unspecified atom stereocenters. The maximum absolute atomic E-state index is 6.66. The van der Waals surface area contributed by atoms with Crippen LogP contribution in [-0.4, -0.2) is 15.0 Å². The average molecular weight is 500 g/mol. The predicted molar refractivity (Wildman–Crippen MR) is 159 cm³/mol. The fourth-order valence-corrected chi connectivity index (χ4v) is 5.61. The molecule has 0 spiro atoms. The van der Waals surface area contributed by atoms with Crippen molar-refractivity contribution >= 4 is 54.1 Å². The van der Waals surface area contributed by atoms with Crippen LogP contribution in [0, 0.1) is 0 Å². The van der Waals surface area contributed by atoms with Crippen LogP contribution >= 0.6 is 0 Å². The molecule has 0 radical (unpaired) electrons. The molecular weight excluding hydrogens is 478 g/mol. The van der Waals surface area contributed by atoms with Gasteiger partial charge >= 0.3 is 0 Å². The fraction of sp³-hybridized carbons (Fsp3) is 0. The highest BCUT2D eigenvalue weighted by molar-refractivity contribution is 6.17. The molecule has 0 N–H and O–H groups in total. The Labute approximate surface area is 224 Å². The number of rotatable bonds is 3. The zero-order valence-electron chi connectivity index (χ0n) is 20.9. The molecule has 0 saturated carbocycles. The summed E-state index contributed by atoms with van der Waals surface area (Å²) in [5.74, 6) is 1.30. The van der Waals surface area contributed by atoms with E-state index in [-0.39, 0.29) is 0 Å². The second kappa shape index (κ2) is 8.61. The van der Waals surface area contributed by atoms with Crippen LogP contribution in [0.1, 0.15) is 0 Å². The quantitative estimate of drug-likeness (QED) is 0.180. The van der Waals surface area contributed by atoms with Gasteiger partial charge in [-0.1, -0.05) is 78.9 Å². The lowest BCUT2D eigenvalue weighted by Gasteiger charge is -2.17. The fourth-order valence-electron chi connectivity index (χ4n) is 5.61. The lowest BCUT2D eigenvalue weighted by Crippen LogP contribution is -1.95. The van der Waals surface area contributed by atoms with Crippen molar-refractivity contribution in [2.24, 2.45) is 0 Å². The van der Waals surface area contributed by atoms with Crippen molar-refractivity contribution in [3.63, 3.8) is 0 Å². The third-order valence-electron chi connectivity index (χ3n) is 7.43. The van der Waals surface area contributed by atoms with E-state index in [0.29, 0.717) is 5.88 Å². The molecule has 182 valence electrons.